The maximum atomic E-state index is 13.6. The third kappa shape index (κ3) is 3.21. The first-order chi connectivity index (χ1) is 11.7. The van der Waals surface area contributed by atoms with Crippen molar-refractivity contribution in [1.29, 1.82) is 0 Å². The minimum absolute atomic E-state index is 0.0330. The fraction of sp³-hybridized carbons (Fsp3) is 0.214. The Morgan fingerprint density at radius 3 is 2.56 bits per heavy atom. The van der Waals surface area contributed by atoms with E-state index in [0.29, 0.717) is 0 Å². The number of anilines is 1. The normalized spacial score (nSPS) is 13.2. The molecule has 1 aromatic carbocycles. The van der Waals surface area contributed by atoms with Gasteiger partial charge in [-0.3, -0.25) is 0 Å². The average molecular weight is 378 g/mol. The van der Waals surface area contributed by atoms with E-state index in [9.17, 15) is 22.0 Å². The summed E-state index contributed by atoms with van der Waals surface area (Å²) in [6.07, 6.45) is -3.48. The molecule has 5 nitrogen and oxygen atoms in total. The minimum Gasteiger partial charge on any atom is -0.358 e. The summed E-state index contributed by atoms with van der Waals surface area (Å²) in [5, 5.41) is 5.82. The molecule has 0 radical (unpaired) electrons. The minimum atomic E-state index is -4.56. The van der Waals surface area contributed by atoms with Crippen LogP contribution in [0.3, 0.4) is 0 Å². The van der Waals surface area contributed by atoms with Gasteiger partial charge < -0.3 is 5.32 Å². The zero-order chi connectivity index (χ0) is 18.4. The van der Waals surface area contributed by atoms with Gasteiger partial charge in [-0.15, -0.1) is 0 Å². The fourth-order valence-electron chi connectivity index (χ4n) is 2.14. The SMILES string of the molecule is C[C@H](Nc1c(-c2ccc(F)c(F)c2)c(Cl)nc2ncnn12)C(F)(F)F. The highest BCUT2D eigenvalue weighted by molar-refractivity contribution is 6.32. The number of nitrogens with one attached hydrogen (secondary N) is 1. The summed E-state index contributed by atoms with van der Waals surface area (Å²) in [5.41, 5.74) is -0.0275. The molecule has 25 heavy (non-hydrogen) atoms. The second-order valence-electron chi connectivity index (χ2n) is 5.13. The molecule has 0 spiro atoms. The van der Waals surface area contributed by atoms with E-state index in [-0.39, 0.29) is 27.9 Å². The lowest BCUT2D eigenvalue weighted by molar-refractivity contribution is -0.138. The lowest BCUT2D eigenvalue weighted by Crippen LogP contribution is -2.34. The molecule has 0 aliphatic heterocycles. The van der Waals surface area contributed by atoms with Crippen molar-refractivity contribution in [3.8, 4) is 11.1 Å². The van der Waals surface area contributed by atoms with Gasteiger partial charge in [-0.05, 0) is 24.6 Å². The Morgan fingerprint density at radius 2 is 1.92 bits per heavy atom. The van der Waals surface area contributed by atoms with Crippen molar-refractivity contribution in [1.82, 2.24) is 19.6 Å². The molecule has 1 N–H and O–H groups in total. The second-order valence-corrected chi connectivity index (χ2v) is 5.49. The zero-order valence-corrected chi connectivity index (χ0v) is 13.2. The van der Waals surface area contributed by atoms with Crippen LogP contribution < -0.4 is 5.32 Å². The molecule has 132 valence electrons. The first-order valence-electron chi connectivity index (χ1n) is 6.86. The van der Waals surface area contributed by atoms with Crippen LogP contribution in [0.4, 0.5) is 27.8 Å². The van der Waals surface area contributed by atoms with Gasteiger partial charge in [0.15, 0.2) is 11.6 Å². The number of fused-ring (bicyclic) bond motifs is 1. The molecule has 0 aliphatic rings. The van der Waals surface area contributed by atoms with E-state index < -0.39 is 23.9 Å². The first kappa shape index (κ1) is 17.3. The molecular formula is C14H9ClF5N5. The molecule has 0 saturated heterocycles. The Labute approximate surface area is 142 Å². The lowest BCUT2D eigenvalue weighted by atomic mass is 10.1. The average Bonchev–Trinajstić information content (AvgIpc) is 2.97. The summed E-state index contributed by atoms with van der Waals surface area (Å²) in [6.45, 7) is 0.895. The van der Waals surface area contributed by atoms with Crippen molar-refractivity contribution in [2.24, 2.45) is 0 Å². The number of hydrogen-bond donors (Lipinski definition) is 1. The van der Waals surface area contributed by atoms with E-state index in [0.717, 1.165) is 29.9 Å². The van der Waals surface area contributed by atoms with Crippen molar-refractivity contribution in [2.45, 2.75) is 19.1 Å². The van der Waals surface area contributed by atoms with Gasteiger partial charge in [0.2, 0.25) is 0 Å². The number of rotatable bonds is 3. The zero-order valence-electron chi connectivity index (χ0n) is 12.4. The summed E-state index contributed by atoms with van der Waals surface area (Å²) >= 11 is 6.06. The molecule has 1 atom stereocenters. The van der Waals surface area contributed by atoms with Crippen LogP contribution >= 0.6 is 11.6 Å². The molecule has 3 aromatic rings. The van der Waals surface area contributed by atoms with Crippen molar-refractivity contribution < 1.29 is 22.0 Å². The van der Waals surface area contributed by atoms with Gasteiger partial charge in [0.05, 0.1) is 5.56 Å². The largest absolute Gasteiger partial charge is 0.408 e. The van der Waals surface area contributed by atoms with E-state index in [1.54, 1.807) is 0 Å². The smallest absolute Gasteiger partial charge is 0.358 e. The molecule has 0 amide bonds. The molecule has 0 aliphatic carbocycles. The van der Waals surface area contributed by atoms with E-state index >= 15 is 0 Å². The highest BCUT2D eigenvalue weighted by Crippen LogP contribution is 2.36. The molecule has 2 aromatic heterocycles. The molecule has 0 bridgehead atoms. The van der Waals surface area contributed by atoms with Gasteiger partial charge in [-0.25, -0.2) is 8.78 Å². The summed E-state index contributed by atoms with van der Waals surface area (Å²) in [4.78, 5) is 7.69. The van der Waals surface area contributed by atoms with Crippen LogP contribution in [0.2, 0.25) is 5.15 Å². The van der Waals surface area contributed by atoms with Gasteiger partial charge in [0.25, 0.3) is 5.78 Å². The topological polar surface area (TPSA) is 55.1 Å². The van der Waals surface area contributed by atoms with Gasteiger partial charge in [0, 0.05) is 0 Å². The van der Waals surface area contributed by atoms with E-state index in [4.69, 9.17) is 11.6 Å². The molecule has 11 heteroatoms. The molecule has 0 saturated carbocycles. The highest BCUT2D eigenvalue weighted by Gasteiger charge is 2.37. The summed E-state index contributed by atoms with van der Waals surface area (Å²) in [7, 11) is 0. The highest BCUT2D eigenvalue weighted by atomic mass is 35.5. The van der Waals surface area contributed by atoms with Crippen LogP contribution in [0.15, 0.2) is 24.5 Å². The second kappa shape index (κ2) is 6.10. The van der Waals surface area contributed by atoms with Crippen molar-refractivity contribution in [3.05, 3.63) is 41.3 Å². The quantitative estimate of drug-likeness (QED) is 0.552. The van der Waals surface area contributed by atoms with E-state index in [1.807, 2.05) is 0 Å². The Bertz CT molecular complexity index is 939. The number of halogens is 6. The predicted octanol–water partition coefficient (Wildman–Crippen LogP) is 4.09. The summed E-state index contributed by atoms with van der Waals surface area (Å²) in [6, 6.07) is 0.851. The monoisotopic (exact) mass is 377 g/mol. The Kier molecular flexibility index (Phi) is 4.23. The first-order valence-corrected chi connectivity index (χ1v) is 7.24. The van der Waals surface area contributed by atoms with Crippen LogP contribution in [0.1, 0.15) is 6.92 Å². The summed E-state index contributed by atoms with van der Waals surface area (Å²) < 4.78 is 66.6. The van der Waals surface area contributed by atoms with Crippen LogP contribution in [-0.2, 0) is 0 Å². The van der Waals surface area contributed by atoms with Crippen molar-refractivity contribution >= 4 is 23.2 Å². The Balaban J connectivity index is 2.24. The number of benzene rings is 1. The van der Waals surface area contributed by atoms with E-state index in [1.165, 1.54) is 6.07 Å². The maximum absolute atomic E-state index is 13.6. The third-order valence-corrected chi connectivity index (χ3v) is 3.71. The van der Waals surface area contributed by atoms with Crippen LogP contribution in [0, 0.1) is 11.6 Å². The standard InChI is InChI=1S/C14H9ClF5N5/c1-6(14(18,19)20)23-12-10(7-2-3-8(16)9(17)4-7)11(15)24-13-21-5-22-25(12)13/h2-6,23H,1H3/t6-/m0/s1. The number of aromatic nitrogens is 4. The van der Waals surface area contributed by atoms with Gasteiger partial charge in [-0.1, -0.05) is 17.7 Å². The van der Waals surface area contributed by atoms with Gasteiger partial charge >= 0.3 is 6.18 Å². The van der Waals surface area contributed by atoms with E-state index in [2.05, 4.69) is 20.4 Å². The number of alkyl halides is 3. The molecule has 0 unspecified atom stereocenters. The van der Waals surface area contributed by atoms with Crippen LogP contribution in [-0.4, -0.2) is 31.8 Å². The van der Waals surface area contributed by atoms with Crippen molar-refractivity contribution in [2.75, 3.05) is 5.32 Å². The van der Waals surface area contributed by atoms with Crippen LogP contribution in [0.5, 0.6) is 0 Å². The molecule has 2 heterocycles. The number of hydrogen-bond acceptors (Lipinski definition) is 4. The Morgan fingerprint density at radius 1 is 1.20 bits per heavy atom. The molecule has 3 rings (SSSR count). The molecule has 0 fully saturated rings. The number of nitrogens with zero attached hydrogens (tertiary/aromatic N) is 4. The molecular weight excluding hydrogens is 369 g/mol. The van der Waals surface area contributed by atoms with Gasteiger partial charge in [-0.2, -0.15) is 32.8 Å². The van der Waals surface area contributed by atoms with Crippen LogP contribution in [0.25, 0.3) is 16.9 Å². The fourth-order valence-corrected chi connectivity index (χ4v) is 2.42. The Hall–Kier alpha value is -2.49. The maximum Gasteiger partial charge on any atom is 0.408 e. The van der Waals surface area contributed by atoms with Gasteiger partial charge in [0.1, 0.15) is 23.3 Å². The van der Waals surface area contributed by atoms with Crippen molar-refractivity contribution in [3.63, 3.8) is 0 Å². The predicted molar refractivity (Wildman–Crippen MR) is 80.3 cm³/mol. The summed E-state index contributed by atoms with van der Waals surface area (Å²) in [5.74, 6) is -2.52. The third-order valence-electron chi connectivity index (χ3n) is 3.44. The lowest BCUT2D eigenvalue weighted by Gasteiger charge is -2.21.